The highest BCUT2D eigenvalue weighted by molar-refractivity contribution is 6.31. The third-order valence-electron chi connectivity index (χ3n) is 2.20. The van der Waals surface area contributed by atoms with Crippen molar-refractivity contribution in [1.82, 2.24) is 0 Å². The second kappa shape index (κ2) is 5.35. The number of rotatable bonds is 4. The van der Waals surface area contributed by atoms with E-state index >= 15 is 0 Å². The van der Waals surface area contributed by atoms with E-state index in [1.54, 1.807) is 7.11 Å². The predicted octanol–water partition coefficient (Wildman–Crippen LogP) is 2.86. The maximum absolute atomic E-state index is 6.17. The van der Waals surface area contributed by atoms with Gasteiger partial charge in [-0.2, -0.15) is 0 Å². The molecule has 0 bridgehead atoms. The molecule has 15 heavy (non-hydrogen) atoms. The van der Waals surface area contributed by atoms with Crippen molar-refractivity contribution < 1.29 is 9.57 Å². The van der Waals surface area contributed by atoms with Crippen LogP contribution in [0, 0.1) is 0 Å². The number of ether oxygens (including phenoxy) is 1. The van der Waals surface area contributed by atoms with Gasteiger partial charge in [-0.05, 0) is 23.6 Å². The van der Waals surface area contributed by atoms with Crippen molar-refractivity contribution in [2.24, 2.45) is 5.90 Å². The largest absolute Gasteiger partial charge is 0.496 e. The van der Waals surface area contributed by atoms with Crippen molar-refractivity contribution in [3.05, 3.63) is 28.3 Å². The molecule has 0 aliphatic rings. The van der Waals surface area contributed by atoms with E-state index in [-0.39, 0.29) is 0 Å². The van der Waals surface area contributed by atoms with Crippen LogP contribution in [-0.2, 0) is 11.4 Å². The summed E-state index contributed by atoms with van der Waals surface area (Å²) in [5.74, 6) is 6.12. The first-order valence-corrected chi connectivity index (χ1v) is 5.16. The molecule has 4 heteroatoms. The quantitative estimate of drug-likeness (QED) is 0.808. The summed E-state index contributed by atoms with van der Waals surface area (Å²) >= 11 is 6.17. The standard InChI is InChI=1S/C11H16ClNO2/c1-7(2)11-9(12)4-8(6-15-13)5-10(11)14-3/h4-5,7H,6,13H2,1-3H3. The summed E-state index contributed by atoms with van der Waals surface area (Å²) in [5, 5.41) is 0.691. The lowest BCUT2D eigenvalue weighted by molar-refractivity contribution is 0.124. The molecule has 1 aromatic rings. The molecule has 3 nitrogen and oxygen atoms in total. The van der Waals surface area contributed by atoms with Gasteiger partial charge in [0.15, 0.2) is 0 Å². The average molecular weight is 230 g/mol. The van der Waals surface area contributed by atoms with Gasteiger partial charge in [-0.25, -0.2) is 5.90 Å². The third-order valence-corrected chi connectivity index (χ3v) is 2.51. The first-order chi connectivity index (χ1) is 7.10. The lowest BCUT2D eigenvalue weighted by Crippen LogP contribution is -2.02. The van der Waals surface area contributed by atoms with E-state index in [9.17, 15) is 0 Å². The summed E-state index contributed by atoms with van der Waals surface area (Å²) in [6.45, 7) is 4.47. The van der Waals surface area contributed by atoms with Crippen molar-refractivity contribution >= 4 is 11.6 Å². The topological polar surface area (TPSA) is 44.5 Å². The van der Waals surface area contributed by atoms with Gasteiger partial charge in [0.2, 0.25) is 0 Å². The molecule has 1 aromatic carbocycles. The molecule has 0 unspecified atom stereocenters. The molecule has 1 rings (SSSR count). The van der Waals surface area contributed by atoms with Crippen molar-refractivity contribution in [1.29, 1.82) is 0 Å². The van der Waals surface area contributed by atoms with Crippen molar-refractivity contribution in [2.75, 3.05) is 7.11 Å². The minimum Gasteiger partial charge on any atom is -0.496 e. The fourth-order valence-electron chi connectivity index (χ4n) is 1.55. The first kappa shape index (κ1) is 12.3. The lowest BCUT2D eigenvalue weighted by Gasteiger charge is -2.15. The fraction of sp³-hybridized carbons (Fsp3) is 0.455. The van der Waals surface area contributed by atoms with Gasteiger partial charge < -0.3 is 4.74 Å². The van der Waals surface area contributed by atoms with Crippen LogP contribution in [0.15, 0.2) is 12.1 Å². The van der Waals surface area contributed by atoms with Crippen LogP contribution in [0.3, 0.4) is 0 Å². The SMILES string of the molecule is COc1cc(CON)cc(Cl)c1C(C)C. The van der Waals surface area contributed by atoms with Crippen LogP contribution in [0.2, 0.25) is 5.02 Å². The summed E-state index contributed by atoms with van der Waals surface area (Å²) in [7, 11) is 1.63. The Labute approximate surface area is 95.1 Å². The van der Waals surface area contributed by atoms with Gasteiger partial charge in [0, 0.05) is 10.6 Å². The van der Waals surface area contributed by atoms with Crippen LogP contribution in [0.25, 0.3) is 0 Å². The Morgan fingerprint density at radius 2 is 2.07 bits per heavy atom. The Kier molecular flexibility index (Phi) is 4.39. The van der Waals surface area contributed by atoms with Gasteiger partial charge in [-0.1, -0.05) is 25.4 Å². The molecule has 2 N–H and O–H groups in total. The zero-order valence-electron chi connectivity index (χ0n) is 9.21. The summed E-state index contributed by atoms with van der Waals surface area (Å²) in [5.41, 5.74) is 1.92. The Balaban J connectivity index is 3.18. The Bertz CT molecular complexity index is 340. The van der Waals surface area contributed by atoms with Crippen LogP contribution in [0.4, 0.5) is 0 Å². The van der Waals surface area contributed by atoms with Gasteiger partial charge in [-0.3, -0.25) is 4.84 Å². The van der Waals surface area contributed by atoms with E-state index in [0.29, 0.717) is 17.5 Å². The normalized spacial score (nSPS) is 10.8. The van der Waals surface area contributed by atoms with Crippen molar-refractivity contribution in [3.63, 3.8) is 0 Å². The first-order valence-electron chi connectivity index (χ1n) is 4.78. The lowest BCUT2D eigenvalue weighted by atomic mass is 10.0. The van der Waals surface area contributed by atoms with Gasteiger partial charge in [-0.15, -0.1) is 0 Å². The maximum Gasteiger partial charge on any atom is 0.124 e. The fourth-order valence-corrected chi connectivity index (χ4v) is 2.01. The minimum atomic E-state index is 0.320. The van der Waals surface area contributed by atoms with Crippen LogP contribution < -0.4 is 10.6 Å². The molecule has 0 heterocycles. The number of hydrogen-bond donors (Lipinski definition) is 1. The molecule has 0 fully saturated rings. The molecule has 0 atom stereocenters. The molecule has 0 saturated carbocycles. The summed E-state index contributed by atoms with van der Waals surface area (Å²) < 4.78 is 5.29. The second-order valence-electron chi connectivity index (χ2n) is 3.66. The molecule has 0 aliphatic carbocycles. The van der Waals surface area contributed by atoms with E-state index in [4.69, 9.17) is 22.2 Å². The zero-order chi connectivity index (χ0) is 11.4. The van der Waals surface area contributed by atoms with Gasteiger partial charge in [0.05, 0.1) is 13.7 Å². The van der Waals surface area contributed by atoms with Crippen molar-refractivity contribution in [3.8, 4) is 5.75 Å². The molecule has 0 aliphatic heterocycles. The van der Waals surface area contributed by atoms with E-state index in [1.807, 2.05) is 12.1 Å². The zero-order valence-corrected chi connectivity index (χ0v) is 9.97. The smallest absolute Gasteiger partial charge is 0.124 e. The van der Waals surface area contributed by atoms with Crippen LogP contribution in [0.1, 0.15) is 30.9 Å². The highest BCUT2D eigenvalue weighted by atomic mass is 35.5. The average Bonchev–Trinajstić information content (AvgIpc) is 2.16. The van der Waals surface area contributed by atoms with E-state index < -0.39 is 0 Å². The number of nitrogens with two attached hydrogens (primary N) is 1. The number of methoxy groups -OCH3 is 1. The van der Waals surface area contributed by atoms with Gasteiger partial charge in [0.25, 0.3) is 0 Å². The molecular weight excluding hydrogens is 214 g/mol. The molecule has 0 spiro atoms. The number of halogens is 1. The van der Waals surface area contributed by atoms with Crippen LogP contribution in [0.5, 0.6) is 5.75 Å². The minimum absolute atomic E-state index is 0.320. The Hall–Kier alpha value is -0.770. The summed E-state index contributed by atoms with van der Waals surface area (Å²) in [6.07, 6.45) is 0. The Morgan fingerprint density at radius 3 is 2.53 bits per heavy atom. The third kappa shape index (κ3) is 2.84. The molecule has 84 valence electrons. The highest BCUT2D eigenvalue weighted by Gasteiger charge is 2.13. The van der Waals surface area contributed by atoms with E-state index in [1.165, 1.54) is 0 Å². The Morgan fingerprint density at radius 1 is 1.40 bits per heavy atom. The molecule has 0 saturated heterocycles. The summed E-state index contributed by atoms with van der Waals surface area (Å²) in [6, 6.07) is 3.75. The molecule has 0 amide bonds. The monoisotopic (exact) mass is 229 g/mol. The predicted molar refractivity (Wildman–Crippen MR) is 61.1 cm³/mol. The van der Waals surface area contributed by atoms with Crippen molar-refractivity contribution in [2.45, 2.75) is 26.4 Å². The molecular formula is C11H16ClNO2. The maximum atomic E-state index is 6.17. The molecule has 0 aromatic heterocycles. The number of benzene rings is 1. The van der Waals surface area contributed by atoms with E-state index in [0.717, 1.165) is 16.9 Å². The number of hydrogen-bond acceptors (Lipinski definition) is 3. The van der Waals surface area contributed by atoms with Crippen LogP contribution >= 0.6 is 11.6 Å². The summed E-state index contributed by atoms with van der Waals surface area (Å²) in [4.78, 5) is 4.57. The molecule has 0 radical (unpaired) electrons. The van der Waals surface area contributed by atoms with Gasteiger partial charge in [0.1, 0.15) is 5.75 Å². The van der Waals surface area contributed by atoms with Gasteiger partial charge >= 0.3 is 0 Å². The van der Waals surface area contributed by atoms with E-state index in [2.05, 4.69) is 18.7 Å². The second-order valence-corrected chi connectivity index (χ2v) is 4.07. The highest BCUT2D eigenvalue weighted by Crippen LogP contribution is 2.34. The van der Waals surface area contributed by atoms with Crippen LogP contribution in [-0.4, -0.2) is 7.11 Å².